The second-order valence-electron chi connectivity index (χ2n) is 4.56. The summed E-state index contributed by atoms with van der Waals surface area (Å²) in [6.45, 7) is 0.822. The quantitative estimate of drug-likeness (QED) is 0.442. The van der Waals surface area contributed by atoms with Crippen LogP contribution in [-0.2, 0) is 16.3 Å². The Morgan fingerprint density at radius 1 is 0.941 bits per heavy atom. The lowest BCUT2D eigenvalue weighted by molar-refractivity contribution is 0.146. The molecule has 104 valence electrons. The first kappa shape index (κ1) is 17.5. The summed E-state index contributed by atoms with van der Waals surface area (Å²) in [5, 5.41) is 0. The van der Waals surface area contributed by atoms with Crippen molar-refractivity contribution in [2.45, 2.75) is 77.7 Å². The van der Waals surface area contributed by atoms with Crippen LogP contribution in [0.15, 0.2) is 0 Å². The van der Waals surface area contributed by atoms with Crippen LogP contribution in [-0.4, -0.2) is 15.9 Å². The molecule has 0 aromatic heterocycles. The second-order valence-corrected chi connectivity index (χ2v) is 7.18. The van der Waals surface area contributed by atoms with Crippen molar-refractivity contribution in [2.24, 2.45) is 0 Å². The Hall–Kier alpha value is 0.530. The van der Waals surface area contributed by atoms with E-state index >= 15 is 0 Å². The van der Waals surface area contributed by atoms with Gasteiger partial charge in [-0.2, -0.15) is 0 Å². The topological polar surface area (TPSA) is 49.7 Å². The first-order valence-electron chi connectivity index (χ1n) is 6.73. The van der Waals surface area contributed by atoms with Crippen LogP contribution in [0.1, 0.15) is 71.6 Å². The lowest BCUT2D eigenvalue weighted by Gasteiger charge is -2.19. The lowest BCUT2D eigenvalue weighted by Crippen LogP contribution is -2.11. The van der Waals surface area contributed by atoms with Crippen molar-refractivity contribution in [1.82, 2.24) is 0 Å². The second kappa shape index (κ2) is 10.5. The van der Waals surface area contributed by atoms with Crippen LogP contribution in [0, 0.1) is 0 Å². The fourth-order valence-corrected chi connectivity index (χ4v) is 2.82. The van der Waals surface area contributed by atoms with Crippen LogP contribution in [0.25, 0.3) is 0 Å². The molecule has 0 heterocycles. The van der Waals surface area contributed by atoms with Crippen molar-refractivity contribution in [3.05, 3.63) is 0 Å². The fourth-order valence-electron chi connectivity index (χ4n) is 1.85. The van der Waals surface area contributed by atoms with Crippen LogP contribution in [0.5, 0.6) is 0 Å². The molecule has 0 spiro atoms. The van der Waals surface area contributed by atoms with Gasteiger partial charge < -0.3 is 14.3 Å². The monoisotopic (exact) mass is 282 g/mol. The Morgan fingerprint density at radius 3 is 2.00 bits per heavy atom. The molecule has 1 atom stereocenters. The van der Waals surface area contributed by atoms with Gasteiger partial charge in [0, 0.05) is 0 Å². The van der Waals surface area contributed by atoms with E-state index in [1.54, 1.807) is 0 Å². The average Bonchev–Trinajstić information content (AvgIpc) is 2.23. The highest BCUT2D eigenvalue weighted by molar-refractivity contribution is 8.06. The molecule has 0 amide bonds. The van der Waals surface area contributed by atoms with E-state index in [1.807, 2.05) is 0 Å². The normalized spacial score (nSPS) is 13.9. The maximum Gasteiger partial charge on any atom is 0.322 e. The van der Waals surface area contributed by atoms with Gasteiger partial charge in [0.2, 0.25) is 0 Å². The zero-order valence-corrected chi connectivity index (χ0v) is 12.8. The first-order valence-corrected chi connectivity index (χ1v) is 9.36. The molecular weight excluding hydrogens is 255 g/mol. The van der Waals surface area contributed by atoms with E-state index in [0.717, 1.165) is 32.1 Å². The summed E-state index contributed by atoms with van der Waals surface area (Å²) < 4.78 is 5.18. The molecule has 0 aromatic rings. The number of hydrogen-bond donors (Lipinski definition) is 2. The summed E-state index contributed by atoms with van der Waals surface area (Å²) in [5.74, 6) is 0. The highest BCUT2D eigenvalue weighted by Crippen LogP contribution is 2.40. The van der Waals surface area contributed by atoms with Gasteiger partial charge in [0.05, 0.1) is 6.10 Å². The first-order chi connectivity index (χ1) is 7.99. The molecule has 0 radical (unpaired) electrons. The number of unbranched alkanes of at least 4 members (excludes halogenated alkanes) is 5. The van der Waals surface area contributed by atoms with Crippen LogP contribution < -0.4 is 0 Å². The molecule has 0 rings (SSSR count). The summed E-state index contributed by atoms with van der Waals surface area (Å²) in [4.78, 5) is 18.4. The van der Waals surface area contributed by atoms with Crippen LogP contribution in [0.2, 0.25) is 0 Å². The summed E-state index contributed by atoms with van der Waals surface area (Å²) in [7, 11) is 0. The van der Waals surface area contributed by atoms with E-state index in [9.17, 15) is 9.79 Å². The van der Waals surface area contributed by atoms with E-state index in [2.05, 4.69) is 25.7 Å². The Morgan fingerprint density at radius 2 is 1.47 bits per heavy atom. The molecule has 0 aromatic carbocycles. The SMILES string of the molecule is CCCCCCCC(CCCC)OP(O)(O)=S. The number of rotatable bonds is 11. The van der Waals surface area contributed by atoms with Crippen LogP contribution >= 0.6 is 6.72 Å². The third-order valence-corrected chi connectivity index (χ3v) is 3.63. The van der Waals surface area contributed by atoms with Gasteiger partial charge in [-0.05, 0) is 24.6 Å². The molecule has 17 heavy (non-hydrogen) atoms. The van der Waals surface area contributed by atoms with Gasteiger partial charge >= 0.3 is 6.72 Å². The van der Waals surface area contributed by atoms with Crippen molar-refractivity contribution >= 4 is 18.5 Å². The molecule has 2 N–H and O–H groups in total. The van der Waals surface area contributed by atoms with E-state index in [1.165, 1.54) is 25.7 Å². The minimum Gasteiger partial charge on any atom is -0.325 e. The highest BCUT2D eigenvalue weighted by atomic mass is 32.5. The van der Waals surface area contributed by atoms with E-state index in [0.29, 0.717) is 0 Å². The van der Waals surface area contributed by atoms with Crippen molar-refractivity contribution in [1.29, 1.82) is 0 Å². The largest absolute Gasteiger partial charge is 0.325 e. The van der Waals surface area contributed by atoms with Gasteiger partial charge in [-0.15, -0.1) is 0 Å². The standard InChI is InChI=1S/C12H27O3PS/c1-3-5-7-8-9-11-12(10-6-4-2)15-16(13,14)17/h12H,3-11H2,1-2H3,(H2,13,14,17). The Balaban J connectivity index is 3.81. The average molecular weight is 282 g/mol. The molecule has 0 aliphatic heterocycles. The van der Waals surface area contributed by atoms with E-state index in [4.69, 9.17) is 4.52 Å². The Labute approximate surface area is 111 Å². The third-order valence-electron chi connectivity index (χ3n) is 2.80. The molecule has 0 bridgehead atoms. The van der Waals surface area contributed by atoms with Gasteiger partial charge in [0.15, 0.2) is 0 Å². The van der Waals surface area contributed by atoms with E-state index in [-0.39, 0.29) is 6.10 Å². The molecule has 3 nitrogen and oxygen atoms in total. The molecule has 0 aliphatic rings. The predicted octanol–water partition coefficient (Wildman–Crippen LogP) is 4.13. The van der Waals surface area contributed by atoms with Crippen molar-refractivity contribution < 1.29 is 14.3 Å². The smallest absolute Gasteiger partial charge is 0.322 e. The molecular formula is C12H27O3PS. The summed E-state index contributed by atoms with van der Waals surface area (Å²) >= 11 is 4.53. The van der Waals surface area contributed by atoms with Crippen molar-refractivity contribution in [3.63, 3.8) is 0 Å². The summed E-state index contributed by atoms with van der Waals surface area (Å²) in [6, 6.07) is 0. The summed E-state index contributed by atoms with van der Waals surface area (Å²) in [6.07, 6.45) is 9.89. The van der Waals surface area contributed by atoms with Gasteiger partial charge in [-0.1, -0.05) is 58.8 Å². The van der Waals surface area contributed by atoms with Gasteiger partial charge in [-0.3, -0.25) is 0 Å². The molecule has 0 saturated heterocycles. The molecule has 0 fully saturated rings. The lowest BCUT2D eigenvalue weighted by atomic mass is 10.0. The van der Waals surface area contributed by atoms with E-state index < -0.39 is 6.72 Å². The van der Waals surface area contributed by atoms with Crippen LogP contribution in [0.4, 0.5) is 0 Å². The van der Waals surface area contributed by atoms with Crippen molar-refractivity contribution in [3.8, 4) is 0 Å². The van der Waals surface area contributed by atoms with Crippen LogP contribution in [0.3, 0.4) is 0 Å². The predicted molar refractivity (Wildman–Crippen MR) is 76.5 cm³/mol. The van der Waals surface area contributed by atoms with Crippen molar-refractivity contribution in [2.75, 3.05) is 0 Å². The number of hydrogen-bond acceptors (Lipinski definition) is 2. The zero-order chi connectivity index (χ0) is 13.1. The fraction of sp³-hybridized carbons (Fsp3) is 1.00. The maximum absolute atomic E-state index is 9.19. The van der Waals surface area contributed by atoms with Gasteiger partial charge in [0.25, 0.3) is 0 Å². The highest BCUT2D eigenvalue weighted by Gasteiger charge is 2.17. The third kappa shape index (κ3) is 12.8. The minimum absolute atomic E-state index is 0.0718. The maximum atomic E-state index is 9.19. The van der Waals surface area contributed by atoms with Gasteiger partial charge in [-0.25, -0.2) is 0 Å². The Bertz CT molecular complexity index is 218. The zero-order valence-electron chi connectivity index (χ0n) is 11.1. The molecule has 0 aliphatic carbocycles. The molecule has 5 heteroatoms. The minimum atomic E-state index is -3.49. The molecule has 1 unspecified atom stereocenters. The Kier molecular flexibility index (Phi) is 10.8. The van der Waals surface area contributed by atoms with Gasteiger partial charge in [0.1, 0.15) is 0 Å². The molecule has 0 saturated carbocycles. The summed E-state index contributed by atoms with van der Waals surface area (Å²) in [5.41, 5.74) is 0.